The Kier molecular flexibility index (Phi) is 5.15. The first kappa shape index (κ1) is 15.7. The molecule has 0 bridgehead atoms. The summed E-state index contributed by atoms with van der Waals surface area (Å²) in [5, 5.41) is 0.799. The van der Waals surface area contributed by atoms with Gasteiger partial charge in [-0.25, -0.2) is 0 Å². The van der Waals surface area contributed by atoms with Gasteiger partial charge in [0, 0.05) is 17.7 Å². The maximum Gasteiger partial charge on any atom is 0.0701 e. The molecule has 0 amide bonds. The minimum atomic E-state index is 0.125. The topological polar surface area (TPSA) is 35.2 Å². The summed E-state index contributed by atoms with van der Waals surface area (Å²) in [7, 11) is 0. The SMILES string of the molecule is NC(Cc1cccc(Cl)c1)C1CCOC2(CCSCC2)C1. The normalized spacial score (nSPS) is 26.7. The van der Waals surface area contributed by atoms with E-state index in [1.54, 1.807) is 0 Å². The van der Waals surface area contributed by atoms with Crippen LogP contribution < -0.4 is 5.73 Å². The molecule has 1 aromatic rings. The van der Waals surface area contributed by atoms with Crippen LogP contribution in [-0.4, -0.2) is 29.8 Å². The van der Waals surface area contributed by atoms with Crippen molar-refractivity contribution in [2.45, 2.75) is 43.7 Å². The monoisotopic (exact) mass is 325 g/mol. The number of hydrogen-bond acceptors (Lipinski definition) is 3. The van der Waals surface area contributed by atoms with Crippen LogP contribution in [0.1, 0.15) is 31.2 Å². The molecule has 21 heavy (non-hydrogen) atoms. The van der Waals surface area contributed by atoms with Gasteiger partial charge in [-0.2, -0.15) is 11.8 Å². The Hall–Kier alpha value is -0.220. The zero-order valence-corrected chi connectivity index (χ0v) is 14.0. The molecule has 3 rings (SSSR count). The van der Waals surface area contributed by atoms with Gasteiger partial charge in [0.25, 0.3) is 0 Å². The molecule has 116 valence electrons. The Labute approximate surface area is 136 Å². The van der Waals surface area contributed by atoms with Crippen LogP contribution in [0.4, 0.5) is 0 Å². The molecule has 1 aromatic carbocycles. The average molecular weight is 326 g/mol. The molecule has 4 heteroatoms. The van der Waals surface area contributed by atoms with Crippen LogP contribution in [0.2, 0.25) is 5.02 Å². The first-order chi connectivity index (χ1) is 10.2. The van der Waals surface area contributed by atoms with Gasteiger partial charge < -0.3 is 10.5 Å². The summed E-state index contributed by atoms with van der Waals surface area (Å²) >= 11 is 8.12. The molecule has 2 saturated heterocycles. The molecule has 2 nitrogen and oxygen atoms in total. The number of hydrogen-bond donors (Lipinski definition) is 1. The fourth-order valence-corrected chi connectivity index (χ4v) is 5.08. The zero-order valence-electron chi connectivity index (χ0n) is 12.4. The average Bonchev–Trinajstić information content (AvgIpc) is 2.48. The summed E-state index contributed by atoms with van der Waals surface area (Å²) in [6.07, 6.45) is 5.53. The third-order valence-electron chi connectivity index (χ3n) is 4.90. The first-order valence-electron chi connectivity index (χ1n) is 7.89. The third-order valence-corrected chi connectivity index (χ3v) is 6.12. The molecule has 2 atom stereocenters. The van der Waals surface area contributed by atoms with Crippen LogP contribution in [0.25, 0.3) is 0 Å². The van der Waals surface area contributed by atoms with Gasteiger partial charge in [-0.1, -0.05) is 23.7 Å². The lowest BCUT2D eigenvalue weighted by Gasteiger charge is -2.44. The van der Waals surface area contributed by atoms with Crippen molar-refractivity contribution in [2.75, 3.05) is 18.1 Å². The molecule has 0 radical (unpaired) electrons. The maximum atomic E-state index is 6.52. The van der Waals surface area contributed by atoms with Crippen LogP contribution in [0.15, 0.2) is 24.3 Å². The lowest BCUT2D eigenvalue weighted by atomic mass is 9.77. The van der Waals surface area contributed by atoms with E-state index in [1.165, 1.54) is 29.9 Å². The van der Waals surface area contributed by atoms with Gasteiger partial charge in [0.05, 0.1) is 5.60 Å². The minimum Gasteiger partial charge on any atom is -0.375 e. The van der Waals surface area contributed by atoms with Gasteiger partial charge in [-0.05, 0) is 67.2 Å². The zero-order chi connectivity index (χ0) is 14.7. The number of thioether (sulfide) groups is 1. The first-order valence-corrected chi connectivity index (χ1v) is 9.42. The molecule has 2 aliphatic heterocycles. The van der Waals surface area contributed by atoms with E-state index in [9.17, 15) is 0 Å². The summed E-state index contributed by atoms with van der Waals surface area (Å²) in [6.45, 7) is 0.874. The van der Waals surface area contributed by atoms with E-state index in [0.717, 1.165) is 30.9 Å². The van der Waals surface area contributed by atoms with Gasteiger partial charge in [0.2, 0.25) is 0 Å². The molecule has 2 aliphatic rings. The summed E-state index contributed by atoms with van der Waals surface area (Å²) in [5.74, 6) is 3.03. The van der Waals surface area contributed by atoms with E-state index in [4.69, 9.17) is 22.1 Å². The van der Waals surface area contributed by atoms with Gasteiger partial charge in [0.1, 0.15) is 0 Å². The van der Waals surface area contributed by atoms with Crippen LogP contribution >= 0.6 is 23.4 Å². The van der Waals surface area contributed by atoms with Crippen molar-refractivity contribution in [1.29, 1.82) is 0 Å². The highest BCUT2D eigenvalue weighted by Gasteiger charge is 2.40. The van der Waals surface area contributed by atoms with Crippen molar-refractivity contribution in [3.8, 4) is 0 Å². The van der Waals surface area contributed by atoms with E-state index < -0.39 is 0 Å². The molecule has 2 heterocycles. The van der Waals surface area contributed by atoms with Crippen molar-refractivity contribution in [3.05, 3.63) is 34.9 Å². The number of rotatable bonds is 3. The Morgan fingerprint density at radius 3 is 2.95 bits per heavy atom. The summed E-state index contributed by atoms with van der Waals surface area (Å²) in [5.41, 5.74) is 7.89. The number of ether oxygens (including phenoxy) is 1. The van der Waals surface area contributed by atoms with E-state index >= 15 is 0 Å². The van der Waals surface area contributed by atoms with Gasteiger partial charge >= 0.3 is 0 Å². The second-order valence-electron chi connectivity index (χ2n) is 6.39. The van der Waals surface area contributed by atoms with E-state index in [0.29, 0.717) is 5.92 Å². The van der Waals surface area contributed by atoms with E-state index in [2.05, 4.69) is 17.8 Å². The second kappa shape index (κ2) is 6.91. The quantitative estimate of drug-likeness (QED) is 0.915. The third kappa shape index (κ3) is 3.95. The van der Waals surface area contributed by atoms with E-state index in [-0.39, 0.29) is 11.6 Å². The highest BCUT2D eigenvalue weighted by Crippen LogP contribution is 2.40. The van der Waals surface area contributed by atoms with Crippen LogP contribution in [0.3, 0.4) is 0 Å². The summed E-state index contributed by atoms with van der Waals surface area (Å²) in [6, 6.07) is 8.29. The maximum absolute atomic E-state index is 6.52. The molecule has 2 fully saturated rings. The number of nitrogens with two attached hydrogens (primary N) is 1. The standard InChI is InChI=1S/C17H24ClNOS/c18-15-3-1-2-13(10-15)11-16(19)14-4-7-20-17(12-14)5-8-21-9-6-17/h1-3,10,14,16H,4-9,11-12,19H2. The number of benzene rings is 1. The van der Waals surface area contributed by atoms with Crippen molar-refractivity contribution in [2.24, 2.45) is 11.7 Å². The predicted octanol–water partition coefficient (Wildman–Crippen LogP) is 3.90. The fourth-order valence-electron chi connectivity index (χ4n) is 3.63. The molecule has 0 aromatic heterocycles. The molecule has 1 spiro atoms. The second-order valence-corrected chi connectivity index (χ2v) is 8.06. The molecule has 0 saturated carbocycles. The van der Waals surface area contributed by atoms with Crippen LogP contribution in [0.5, 0.6) is 0 Å². The molecular formula is C17H24ClNOS. The van der Waals surface area contributed by atoms with E-state index in [1.807, 2.05) is 18.2 Å². The number of halogens is 1. The van der Waals surface area contributed by atoms with Gasteiger partial charge in [0.15, 0.2) is 0 Å². The highest BCUT2D eigenvalue weighted by molar-refractivity contribution is 7.99. The summed E-state index contributed by atoms with van der Waals surface area (Å²) in [4.78, 5) is 0. The Morgan fingerprint density at radius 1 is 1.38 bits per heavy atom. The lowest BCUT2D eigenvalue weighted by molar-refractivity contribution is -0.105. The predicted molar refractivity (Wildman–Crippen MR) is 91.1 cm³/mol. The lowest BCUT2D eigenvalue weighted by Crippen LogP contribution is -2.47. The smallest absolute Gasteiger partial charge is 0.0701 e. The molecule has 0 aliphatic carbocycles. The van der Waals surface area contributed by atoms with Gasteiger partial charge in [-0.3, -0.25) is 0 Å². The Morgan fingerprint density at radius 2 is 2.19 bits per heavy atom. The Balaban J connectivity index is 1.62. The van der Waals surface area contributed by atoms with Crippen molar-refractivity contribution >= 4 is 23.4 Å². The Bertz CT molecular complexity index is 470. The molecule has 2 unspecified atom stereocenters. The van der Waals surface area contributed by atoms with Crippen LogP contribution in [-0.2, 0) is 11.2 Å². The molecule has 2 N–H and O–H groups in total. The highest BCUT2D eigenvalue weighted by atomic mass is 35.5. The minimum absolute atomic E-state index is 0.125. The van der Waals surface area contributed by atoms with Crippen molar-refractivity contribution in [3.63, 3.8) is 0 Å². The van der Waals surface area contributed by atoms with Crippen LogP contribution in [0, 0.1) is 5.92 Å². The summed E-state index contributed by atoms with van der Waals surface area (Å²) < 4.78 is 6.17. The van der Waals surface area contributed by atoms with Gasteiger partial charge in [-0.15, -0.1) is 0 Å². The molecular weight excluding hydrogens is 302 g/mol. The largest absolute Gasteiger partial charge is 0.375 e. The fraction of sp³-hybridized carbons (Fsp3) is 0.647. The van der Waals surface area contributed by atoms with Crippen molar-refractivity contribution in [1.82, 2.24) is 0 Å². The van der Waals surface area contributed by atoms with Crippen molar-refractivity contribution < 1.29 is 4.74 Å².